The first-order valence-corrected chi connectivity index (χ1v) is 8.44. The first-order valence-electron chi connectivity index (χ1n) is 8.44. The Bertz CT molecular complexity index is 1100. The van der Waals surface area contributed by atoms with E-state index in [0.717, 1.165) is 11.4 Å². The van der Waals surface area contributed by atoms with Gasteiger partial charge < -0.3 is 4.84 Å². The van der Waals surface area contributed by atoms with Crippen LogP contribution >= 0.6 is 0 Å². The van der Waals surface area contributed by atoms with Crippen LogP contribution in [0.5, 0.6) is 0 Å². The number of hydrogen-bond donors (Lipinski definition) is 0. The third kappa shape index (κ3) is 2.82. The maximum absolute atomic E-state index is 12.6. The van der Waals surface area contributed by atoms with E-state index in [2.05, 4.69) is 15.1 Å². The zero-order chi connectivity index (χ0) is 20.0. The highest BCUT2D eigenvalue weighted by molar-refractivity contribution is 6.21. The van der Waals surface area contributed by atoms with Crippen molar-refractivity contribution in [3.63, 3.8) is 0 Å². The van der Waals surface area contributed by atoms with Crippen molar-refractivity contribution in [1.29, 1.82) is 0 Å². The first kappa shape index (κ1) is 17.5. The molecular weight excluding hydrogens is 362 g/mol. The van der Waals surface area contributed by atoms with Gasteiger partial charge in [0, 0.05) is 17.6 Å². The third-order valence-electron chi connectivity index (χ3n) is 4.23. The van der Waals surface area contributed by atoms with Gasteiger partial charge in [-0.25, -0.2) is 19.4 Å². The summed E-state index contributed by atoms with van der Waals surface area (Å²) in [4.78, 5) is 50.9. The molecule has 28 heavy (non-hydrogen) atoms. The highest BCUT2D eigenvalue weighted by Gasteiger charge is 2.39. The molecule has 0 saturated heterocycles. The number of rotatable bonds is 3. The number of aryl methyl sites for hydroxylation is 3. The number of aromatic nitrogens is 4. The fourth-order valence-corrected chi connectivity index (χ4v) is 2.95. The first-order chi connectivity index (χ1) is 13.3. The van der Waals surface area contributed by atoms with Gasteiger partial charge in [0.25, 0.3) is 17.8 Å². The minimum atomic E-state index is -0.873. The van der Waals surface area contributed by atoms with Crippen molar-refractivity contribution in [2.75, 3.05) is 0 Å². The Morgan fingerprint density at radius 1 is 0.964 bits per heavy atom. The molecule has 0 aliphatic carbocycles. The molecule has 0 saturated carbocycles. The van der Waals surface area contributed by atoms with Gasteiger partial charge in [-0.15, -0.1) is 0 Å². The standard InChI is InChI=1S/C19H15N5O4/c1-10-8-11(2)21-19(20-10)23-9-15(12(3)22-23)18(27)28-24-16(25)13-6-4-5-7-14(13)17(24)26/h4-9H,1-3H3. The monoisotopic (exact) mass is 377 g/mol. The number of fused-ring (bicyclic) bond motifs is 1. The summed E-state index contributed by atoms with van der Waals surface area (Å²) in [6, 6.07) is 8.09. The highest BCUT2D eigenvalue weighted by atomic mass is 16.7. The maximum Gasteiger partial charge on any atom is 0.367 e. The fourth-order valence-electron chi connectivity index (χ4n) is 2.95. The van der Waals surface area contributed by atoms with Gasteiger partial charge in [0.05, 0.1) is 16.8 Å². The predicted molar refractivity (Wildman–Crippen MR) is 95.7 cm³/mol. The summed E-state index contributed by atoms with van der Waals surface area (Å²) >= 11 is 0. The molecule has 1 aliphatic heterocycles. The number of carbonyl (C=O) groups is 3. The summed E-state index contributed by atoms with van der Waals surface area (Å²) in [5.41, 5.74) is 2.34. The van der Waals surface area contributed by atoms with Gasteiger partial charge in [0.2, 0.25) is 0 Å². The fraction of sp³-hybridized carbons (Fsp3) is 0.158. The molecule has 3 heterocycles. The molecule has 2 aromatic heterocycles. The lowest BCUT2D eigenvalue weighted by atomic mass is 10.1. The molecule has 0 unspecified atom stereocenters. The van der Waals surface area contributed by atoms with Crippen LogP contribution in [-0.2, 0) is 4.84 Å². The Balaban J connectivity index is 1.61. The van der Waals surface area contributed by atoms with Crippen LogP contribution in [0.4, 0.5) is 0 Å². The van der Waals surface area contributed by atoms with E-state index in [1.807, 2.05) is 19.9 Å². The largest absolute Gasteiger partial charge is 0.367 e. The van der Waals surface area contributed by atoms with Crippen LogP contribution in [0.3, 0.4) is 0 Å². The molecule has 2 amide bonds. The Morgan fingerprint density at radius 2 is 1.54 bits per heavy atom. The smallest absolute Gasteiger partial charge is 0.324 e. The van der Waals surface area contributed by atoms with E-state index in [0.29, 0.717) is 16.7 Å². The molecule has 0 N–H and O–H groups in total. The SMILES string of the molecule is Cc1cc(C)nc(-n2cc(C(=O)ON3C(=O)c4ccccc4C3=O)c(C)n2)n1. The molecule has 0 fully saturated rings. The molecule has 3 aromatic rings. The van der Waals surface area contributed by atoms with Crippen molar-refractivity contribution in [3.05, 3.63) is 70.3 Å². The maximum atomic E-state index is 12.6. The van der Waals surface area contributed by atoms with Crippen molar-refractivity contribution in [1.82, 2.24) is 24.8 Å². The Kier molecular flexibility index (Phi) is 3.99. The molecule has 1 aromatic carbocycles. The van der Waals surface area contributed by atoms with E-state index in [4.69, 9.17) is 4.84 Å². The van der Waals surface area contributed by atoms with Gasteiger partial charge in [-0.05, 0) is 39.0 Å². The number of nitrogens with zero attached hydrogens (tertiary/aromatic N) is 5. The van der Waals surface area contributed by atoms with Gasteiger partial charge in [-0.3, -0.25) is 9.59 Å². The zero-order valence-electron chi connectivity index (χ0n) is 15.3. The zero-order valence-corrected chi connectivity index (χ0v) is 15.3. The van der Waals surface area contributed by atoms with Crippen LogP contribution < -0.4 is 0 Å². The molecule has 9 nitrogen and oxygen atoms in total. The van der Waals surface area contributed by atoms with Crippen LogP contribution in [0.2, 0.25) is 0 Å². The quantitative estimate of drug-likeness (QED) is 0.642. The second-order valence-electron chi connectivity index (χ2n) is 6.35. The molecule has 1 aliphatic rings. The van der Waals surface area contributed by atoms with Crippen molar-refractivity contribution >= 4 is 17.8 Å². The molecular formula is C19H15N5O4. The third-order valence-corrected chi connectivity index (χ3v) is 4.23. The summed E-state index contributed by atoms with van der Waals surface area (Å²) < 4.78 is 1.36. The number of hydrogen-bond acceptors (Lipinski definition) is 7. The van der Waals surface area contributed by atoms with E-state index in [9.17, 15) is 14.4 Å². The summed E-state index contributed by atoms with van der Waals surface area (Å²) in [6.45, 7) is 5.26. The van der Waals surface area contributed by atoms with Crippen LogP contribution in [0.1, 0.15) is 48.2 Å². The molecule has 9 heteroatoms. The van der Waals surface area contributed by atoms with Crippen molar-refractivity contribution in [3.8, 4) is 5.95 Å². The number of benzene rings is 1. The summed E-state index contributed by atoms with van der Waals surface area (Å²) in [5, 5.41) is 4.71. The second kappa shape index (κ2) is 6.38. The highest BCUT2D eigenvalue weighted by Crippen LogP contribution is 2.23. The van der Waals surface area contributed by atoms with Gasteiger partial charge >= 0.3 is 5.97 Å². The van der Waals surface area contributed by atoms with Gasteiger partial charge in [0.1, 0.15) is 5.56 Å². The lowest BCUT2D eigenvalue weighted by Gasteiger charge is -2.12. The lowest BCUT2D eigenvalue weighted by Crippen LogP contribution is -2.32. The summed E-state index contributed by atoms with van der Waals surface area (Å²) in [7, 11) is 0. The molecule has 140 valence electrons. The number of hydroxylamine groups is 2. The van der Waals surface area contributed by atoms with E-state index < -0.39 is 17.8 Å². The Hall–Kier alpha value is -3.88. The molecule has 0 atom stereocenters. The lowest BCUT2D eigenvalue weighted by molar-refractivity contribution is -0.0585. The van der Waals surface area contributed by atoms with Crippen LogP contribution in [0, 0.1) is 20.8 Å². The van der Waals surface area contributed by atoms with Gasteiger partial charge in [-0.2, -0.15) is 5.10 Å². The van der Waals surface area contributed by atoms with E-state index >= 15 is 0 Å². The normalized spacial score (nSPS) is 13.0. The van der Waals surface area contributed by atoms with Crippen molar-refractivity contribution < 1.29 is 19.2 Å². The van der Waals surface area contributed by atoms with Crippen LogP contribution in [0.15, 0.2) is 36.5 Å². The average Bonchev–Trinajstić information content (AvgIpc) is 3.15. The second-order valence-corrected chi connectivity index (χ2v) is 6.35. The molecule has 0 spiro atoms. The van der Waals surface area contributed by atoms with Crippen LogP contribution in [0.25, 0.3) is 5.95 Å². The van der Waals surface area contributed by atoms with Crippen LogP contribution in [-0.4, -0.2) is 42.6 Å². The van der Waals surface area contributed by atoms with Gasteiger partial charge in [-0.1, -0.05) is 17.2 Å². The summed E-state index contributed by atoms with van der Waals surface area (Å²) in [6.07, 6.45) is 1.41. The Labute approximate surface area is 159 Å². The van der Waals surface area contributed by atoms with E-state index in [1.54, 1.807) is 19.1 Å². The van der Waals surface area contributed by atoms with E-state index in [-0.39, 0.29) is 16.7 Å². The van der Waals surface area contributed by atoms with E-state index in [1.165, 1.54) is 23.0 Å². The molecule has 0 bridgehead atoms. The summed E-state index contributed by atoms with van der Waals surface area (Å²) in [5.74, 6) is -1.93. The number of imide groups is 1. The predicted octanol–water partition coefficient (Wildman–Crippen LogP) is 1.96. The van der Waals surface area contributed by atoms with Gasteiger partial charge in [0.15, 0.2) is 0 Å². The minimum absolute atomic E-state index is 0.0966. The minimum Gasteiger partial charge on any atom is -0.324 e. The molecule has 0 radical (unpaired) electrons. The number of carbonyl (C=O) groups excluding carboxylic acids is 3. The van der Waals surface area contributed by atoms with Crippen molar-refractivity contribution in [2.45, 2.75) is 20.8 Å². The average molecular weight is 377 g/mol. The van der Waals surface area contributed by atoms with Crippen molar-refractivity contribution in [2.24, 2.45) is 0 Å². The Morgan fingerprint density at radius 3 is 2.11 bits per heavy atom. The topological polar surface area (TPSA) is 107 Å². The molecule has 4 rings (SSSR count). The number of amides is 2.